The lowest BCUT2D eigenvalue weighted by Crippen LogP contribution is -2.43. The summed E-state index contributed by atoms with van der Waals surface area (Å²) in [4.78, 5) is 11.5. The van der Waals surface area contributed by atoms with E-state index in [4.69, 9.17) is 5.73 Å². The van der Waals surface area contributed by atoms with Gasteiger partial charge in [-0.2, -0.15) is 0 Å². The summed E-state index contributed by atoms with van der Waals surface area (Å²) in [6.07, 6.45) is 3.58. The van der Waals surface area contributed by atoms with Crippen molar-refractivity contribution in [2.24, 2.45) is 17.6 Å². The summed E-state index contributed by atoms with van der Waals surface area (Å²) in [7, 11) is 0. The van der Waals surface area contributed by atoms with Gasteiger partial charge in [0.2, 0.25) is 5.91 Å². The highest BCUT2D eigenvalue weighted by atomic mass is 16.1. The van der Waals surface area contributed by atoms with Crippen molar-refractivity contribution < 1.29 is 4.79 Å². The topological polar surface area (TPSA) is 67.2 Å². The molecule has 0 spiro atoms. The van der Waals surface area contributed by atoms with E-state index in [9.17, 15) is 4.79 Å². The van der Waals surface area contributed by atoms with Gasteiger partial charge >= 0.3 is 0 Å². The average Bonchev–Trinajstić information content (AvgIpc) is 2.70. The van der Waals surface area contributed by atoms with E-state index in [1.165, 1.54) is 12.8 Å². The van der Waals surface area contributed by atoms with E-state index >= 15 is 0 Å². The van der Waals surface area contributed by atoms with Crippen LogP contribution in [0.1, 0.15) is 33.1 Å². The number of amides is 1. The van der Waals surface area contributed by atoms with Gasteiger partial charge in [0.05, 0.1) is 6.54 Å². The Hall–Kier alpha value is -0.610. The first-order chi connectivity index (χ1) is 7.63. The summed E-state index contributed by atoms with van der Waals surface area (Å²) in [6.45, 7) is 6.09. The van der Waals surface area contributed by atoms with E-state index in [2.05, 4.69) is 24.5 Å². The maximum atomic E-state index is 11.5. The van der Waals surface area contributed by atoms with Gasteiger partial charge in [0.1, 0.15) is 0 Å². The molecule has 1 rings (SSSR count). The molecule has 2 atom stereocenters. The first-order valence-electron chi connectivity index (χ1n) is 6.33. The maximum absolute atomic E-state index is 11.5. The fourth-order valence-electron chi connectivity index (χ4n) is 2.19. The van der Waals surface area contributed by atoms with E-state index in [1.807, 2.05) is 0 Å². The minimum absolute atomic E-state index is 0.0939. The molecule has 0 aliphatic heterocycles. The number of hydrogen-bond acceptors (Lipinski definition) is 3. The Bertz CT molecular complexity index is 218. The molecule has 94 valence electrons. The van der Waals surface area contributed by atoms with Crippen molar-refractivity contribution in [3.63, 3.8) is 0 Å². The molecule has 0 aromatic heterocycles. The van der Waals surface area contributed by atoms with E-state index < -0.39 is 0 Å². The zero-order valence-electron chi connectivity index (χ0n) is 10.5. The number of nitrogens with two attached hydrogens (primary N) is 1. The van der Waals surface area contributed by atoms with Crippen LogP contribution in [-0.2, 0) is 4.79 Å². The molecule has 4 heteroatoms. The van der Waals surface area contributed by atoms with Crippen molar-refractivity contribution in [2.45, 2.75) is 39.2 Å². The lowest BCUT2D eigenvalue weighted by molar-refractivity contribution is -0.120. The summed E-state index contributed by atoms with van der Waals surface area (Å²) in [6, 6.07) is 0.440. The van der Waals surface area contributed by atoms with E-state index in [0.29, 0.717) is 24.4 Å². The Balaban J connectivity index is 2.16. The first-order valence-corrected chi connectivity index (χ1v) is 6.33. The molecule has 0 aromatic carbocycles. The fraction of sp³-hybridized carbons (Fsp3) is 0.917. The number of hydrogen-bond donors (Lipinski definition) is 3. The predicted octanol–water partition coefficient (Wildman–Crippen LogP) is 0.476. The molecule has 0 bridgehead atoms. The Morgan fingerprint density at radius 3 is 2.81 bits per heavy atom. The SMILES string of the molecule is CC(C)CNC(=O)CNC1CCCC1CN. The number of carbonyl (C=O) groups excluding carboxylic acids is 1. The molecule has 0 aromatic rings. The summed E-state index contributed by atoms with van der Waals surface area (Å²) < 4.78 is 0. The molecule has 1 amide bonds. The normalized spacial score (nSPS) is 25.0. The molecule has 4 nitrogen and oxygen atoms in total. The van der Waals surface area contributed by atoms with Crippen LogP contribution in [0.5, 0.6) is 0 Å². The number of carbonyl (C=O) groups is 1. The van der Waals surface area contributed by atoms with Gasteiger partial charge in [0.25, 0.3) is 0 Å². The predicted molar refractivity (Wildman–Crippen MR) is 66.0 cm³/mol. The Morgan fingerprint density at radius 1 is 1.44 bits per heavy atom. The van der Waals surface area contributed by atoms with Gasteiger partial charge in [0.15, 0.2) is 0 Å². The maximum Gasteiger partial charge on any atom is 0.233 e. The van der Waals surface area contributed by atoms with E-state index in [-0.39, 0.29) is 5.91 Å². The highest BCUT2D eigenvalue weighted by molar-refractivity contribution is 5.78. The second kappa shape index (κ2) is 6.86. The highest BCUT2D eigenvalue weighted by Gasteiger charge is 2.25. The minimum Gasteiger partial charge on any atom is -0.355 e. The zero-order chi connectivity index (χ0) is 12.0. The van der Waals surface area contributed by atoms with Gasteiger partial charge < -0.3 is 16.4 Å². The van der Waals surface area contributed by atoms with Gasteiger partial charge in [-0.1, -0.05) is 20.3 Å². The van der Waals surface area contributed by atoms with Crippen molar-refractivity contribution in [3.8, 4) is 0 Å². The zero-order valence-corrected chi connectivity index (χ0v) is 10.5. The standard InChI is InChI=1S/C12H25N3O/c1-9(2)7-15-12(16)8-14-11-5-3-4-10(11)6-13/h9-11,14H,3-8,13H2,1-2H3,(H,15,16). The highest BCUT2D eigenvalue weighted by Crippen LogP contribution is 2.24. The molecule has 1 fully saturated rings. The Morgan fingerprint density at radius 2 is 2.19 bits per heavy atom. The monoisotopic (exact) mass is 227 g/mol. The molecule has 0 saturated heterocycles. The summed E-state index contributed by atoms with van der Waals surface area (Å²) >= 11 is 0. The molecule has 2 unspecified atom stereocenters. The van der Waals surface area contributed by atoms with Crippen LogP contribution in [0.2, 0.25) is 0 Å². The van der Waals surface area contributed by atoms with E-state index in [0.717, 1.165) is 19.5 Å². The summed E-state index contributed by atoms with van der Waals surface area (Å²) in [5.74, 6) is 1.15. The van der Waals surface area contributed by atoms with Crippen LogP contribution in [0.15, 0.2) is 0 Å². The van der Waals surface area contributed by atoms with Crippen molar-refractivity contribution in [1.82, 2.24) is 10.6 Å². The average molecular weight is 227 g/mol. The second-order valence-corrected chi connectivity index (χ2v) is 5.11. The second-order valence-electron chi connectivity index (χ2n) is 5.11. The third-order valence-electron chi connectivity index (χ3n) is 3.19. The van der Waals surface area contributed by atoms with Crippen LogP contribution in [-0.4, -0.2) is 31.6 Å². The van der Waals surface area contributed by atoms with Gasteiger partial charge in [-0.25, -0.2) is 0 Å². The third-order valence-corrected chi connectivity index (χ3v) is 3.19. The number of nitrogens with one attached hydrogen (secondary N) is 2. The summed E-state index contributed by atoms with van der Waals surface area (Å²) in [5, 5.41) is 6.22. The lowest BCUT2D eigenvalue weighted by atomic mass is 10.0. The summed E-state index contributed by atoms with van der Waals surface area (Å²) in [5.41, 5.74) is 5.69. The Kier molecular flexibility index (Phi) is 5.77. The van der Waals surface area contributed by atoms with Crippen LogP contribution in [0, 0.1) is 11.8 Å². The molecule has 1 saturated carbocycles. The lowest BCUT2D eigenvalue weighted by Gasteiger charge is -2.19. The quantitative estimate of drug-likeness (QED) is 0.618. The van der Waals surface area contributed by atoms with Crippen molar-refractivity contribution in [1.29, 1.82) is 0 Å². The van der Waals surface area contributed by atoms with Crippen LogP contribution >= 0.6 is 0 Å². The van der Waals surface area contributed by atoms with Crippen LogP contribution in [0.25, 0.3) is 0 Å². The van der Waals surface area contributed by atoms with Gasteiger partial charge in [0, 0.05) is 12.6 Å². The first kappa shape index (κ1) is 13.5. The van der Waals surface area contributed by atoms with Gasteiger partial charge in [-0.3, -0.25) is 4.79 Å². The molecule has 0 radical (unpaired) electrons. The molecule has 1 aliphatic rings. The van der Waals surface area contributed by atoms with Crippen molar-refractivity contribution in [2.75, 3.05) is 19.6 Å². The molecular formula is C12H25N3O. The van der Waals surface area contributed by atoms with Crippen LogP contribution in [0.3, 0.4) is 0 Å². The molecule has 16 heavy (non-hydrogen) atoms. The fourth-order valence-corrected chi connectivity index (χ4v) is 2.19. The van der Waals surface area contributed by atoms with Gasteiger partial charge in [-0.15, -0.1) is 0 Å². The van der Waals surface area contributed by atoms with E-state index in [1.54, 1.807) is 0 Å². The van der Waals surface area contributed by atoms with Crippen LogP contribution < -0.4 is 16.4 Å². The van der Waals surface area contributed by atoms with Gasteiger partial charge in [-0.05, 0) is 31.2 Å². The molecule has 1 aliphatic carbocycles. The molecule has 0 heterocycles. The van der Waals surface area contributed by atoms with Crippen LogP contribution in [0.4, 0.5) is 0 Å². The largest absolute Gasteiger partial charge is 0.355 e. The van der Waals surface area contributed by atoms with Crippen molar-refractivity contribution in [3.05, 3.63) is 0 Å². The third kappa shape index (κ3) is 4.49. The Labute approximate surface area is 98.3 Å². The molecular weight excluding hydrogens is 202 g/mol. The molecule has 4 N–H and O–H groups in total. The minimum atomic E-state index is 0.0939. The number of rotatable bonds is 6. The van der Waals surface area contributed by atoms with Crippen molar-refractivity contribution >= 4 is 5.91 Å². The smallest absolute Gasteiger partial charge is 0.233 e.